The average molecular weight is 235 g/mol. The van der Waals surface area contributed by atoms with Crippen LogP contribution in [0.5, 0.6) is 0 Å². The fraction of sp³-hybridized carbons (Fsp3) is 0.308. The molecule has 0 aliphatic carbocycles. The third-order valence-electron chi connectivity index (χ3n) is 2.30. The standard InChI is InChI=1S/C13H17NOS/c1-3-10(2)14-13(15)12(16)9-11-7-5-4-6-8-11/h3-8,10,12,16H,1,9H2,2H3,(H,14,15). The van der Waals surface area contributed by atoms with E-state index >= 15 is 0 Å². The summed E-state index contributed by atoms with van der Waals surface area (Å²) >= 11 is 4.30. The molecule has 16 heavy (non-hydrogen) atoms. The highest BCUT2D eigenvalue weighted by atomic mass is 32.1. The van der Waals surface area contributed by atoms with Crippen LogP contribution in [0.1, 0.15) is 12.5 Å². The smallest absolute Gasteiger partial charge is 0.233 e. The maximum Gasteiger partial charge on any atom is 0.233 e. The number of hydrogen-bond donors (Lipinski definition) is 2. The molecule has 0 aliphatic heterocycles. The average Bonchev–Trinajstić information content (AvgIpc) is 2.30. The van der Waals surface area contributed by atoms with E-state index in [1.54, 1.807) is 6.08 Å². The minimum atomic E-state index is -0.315. The Kier molecular flexibility index (Phi) is 5.12. The normalized spacial score (nSPS) is 13.9. The van der Waals surface area contributed by atoms with E-state index in [0.717, 1.165) is 5.56 Å². The molecular weight excluding hydrogens is 218 g/mol. The topological polar surface area (TPSA) is 29.1 Å². The fourth-order valence-electron chi connectivity index (χ4n) is 1.31. The first-order chi connectivity index (χ1) is 7.63. The fourth-order valence-corrected chi connectivity index (χ4v) is 1.59. The van der Waals surface area contributed by atoms with Gasteiger partial charge in [0.15, 0.2) is 0 Å². The lowest BCUT2D eigenvalue weighted by molar-refractivity contribution is -0.120. The number of hydrogen-bond acceptors (Lipinski definition) is 2. The minimum absolute atomic E-state index is 0.0158. The first-order valence-corrected chi connectivity index (χ1v) is 5.80. The minimum Gasteiger partial charge on any atom is -0.349 e. The Hall–Kier alpha value is -1.22. The molecule has 1 N–H and O–H groups in total. The Morgan fingerprint density at radius 2 is 2.12 bits per heavy atom. The summed E-state index contributed by atoms with van der Waals surface area (Å²) in [6, 6.07) is 9.84. The van der Waals surface area contributed by atoms with Gasteiger partial charge < -0.3 is 5.32 Å². The Morgan fingerprint density at radius 3 is 2.69 bits per heavy atom. The van der Waals surface area contributed by atoms with Crippen LogP contribution in [0.25, 0.3) is 0 Å². The van der Waals surface area contributed by atoms with Crippen LogP contribution in [0, 0.1) is 0 Å². The lowest BCUT2D eigenvalue weighted by Crippen LogP contribution is -2.37. The van der Waals surface area contributed by atoms with Crippen molar-refractivity contribution in [3.63, 3.8) is 0 Å². The molecule has 1 aromatic carbocycles. The summed E-state index contributed by atoms with van der Waals surface area (Å²) < 4.78 is 0. The molecule has 0 heterocycles. The van der Waals surface area contributed by atoms with E-state index in [0.29, 0.717) is 6.42 Å². The molecule has 0 saturated heterocycles. The molecule has 0 fully saturated rings. The lowest BCUT2D eigenvalue weighted by Gasteiger charge is -2.14. The summed E-state index contributed by atoms with van der Waals surface area (Å²) in [7, 11) is 0. The van der Waals surface area contributed by atoms with Crippen molar-refractivity contribution in [2.75, 3.05) is 0 Å². The van der Waals surface area contributed by atoms with Gasteiger partial charge in [-0.05, 0) is 18.9 Å². The predicted molar refractivity (Wildman–Crippen MR) is 70.7 cm³/mol. The van der Waals surface area contributed by atoms with Gasteiger partial charge in [-0.1, -0.05) is 36.4 Å². The molecule has 0 aliphatic rings. The summed E-state index contributed by atoms with van der Waals surface area (Å²) in [6.45, 7) is 5.50. The van der Waals surface area contributed by atoms with Gasteiger partial charge in [0.2, 0.25) is 5.91 Å². The Labute approximate surface area is 102 Å². The van der Waals surface area contributed by atoms with Crippen molar-refractivity contribution in [1.29, 1.82) is 0 Å². The second kappa shape index (κ2) is 6.38. The molecule has 3 heteroatoms. The summed E-state index contributed by atoms with van der Waals surface area (Å²) in [5, 5.41) is 2.50. The zero-order valence-electron chi connectivity index (χ0n) is 9.39. The second-order valence-corrected chi connectivity index (χ2v) is 4.36. The Balaban J connectivity index is 2.49. The molecule has 2 atom stereocenters. The van der Waals surface area contributed by atoms with Crippen molar-refractivity contribution < 1.29 is 4.79 Å². The number of thiol groups is 1. The van der Waals surface area contributed by atoms with Gasteiger partial charge in [-0.2, -0.15) is 12.6 Å². The third kappa shape index (κ3) is 4.11. The molecule has 1 aromatic rings. The number of carbonyl (C=O) groups is 1. The van der Waals surface area contributed by atoms with E-state index in [1.165, 1.54) is 0 Å². The molecule has 0 aromatic heterocycles. The quantitative estimate of drug-likeness (QED) is 0.594. The first-order valence-electron chi connectivity index (χ1n) is 5.28. The van der Waals surface area contributed by atoms with Crippen molar-refractivity contribution in [3.8, 4) is 0 Å². The zero-order valence-corrected chi connectivity index (χ0v) is 10.3. The van der Waals surface area contributed by atoms with Crippen LogP contribution < -0.4 is 5.32 Å². The van der Waals surface area contributed by atoms with E-state index < -0.39 is 0 Å². The second-order valence-electron chi connectivity index (χ2n) is 3.74. The van der Waals surface area contributed by atoms with Crippen molar-refractivity contribution in [2.24, 2.45) is 0 Å². The van der Waals surface area contributed by atoms with Gasteiger partial charge in [-0.3, -0.25) is 4.79 Å². The number of benzene rings is 1. The molecule has 1 rings (SSSR count). The highest BCUT2D eigenvalue weighted by Crippen LogP contribution is 2.08. The van der Waals surface area contributed by atoms with Gasteiger partial charge in [0.25, 0.3) is 0 Å². The van der Waals surface area contributed by atoms with Crippen molar-refractivity contribution in [3.05, 3.63) is 48.6 Å². The van der Waals surface area contributed by atoms with Crippen LogP contribution in [-0.2, 0) is 11.2 Å². The Bertz CT molecular complexity index is 350. The summed E-state index contributed by atoms with van der Waals surface area (Å²) in [6.07, 6.45) is 2.33. The zero-order chi connectivity index (χ0) is 12.0. The maximum atomic E-state index is 11.7. The van der Waals surface area contributed by atoms with Crippen LogP contribution in [0.4, 0.5) is 0 Å². The predicted octanol–water partition coefficient (Wildman–Crippen LogP) is 2.22. The third-order valence-corrected chi connectivity index (χ3v) is 2.72. The van der Waals surface area contributed by atoms with Gasteiger partial charge in [-0.25, -0.2) is 0 Å². The van der Waals surface area contributed by atoms with Crippen molar-refractivity contribution in [2.45, 2.75) is 24.6 Å². The Morgan fingerprint density at radius 1 is 1.50 bits per heavy atom. The van der Waals surface area contributed by atoms with Crippen molar-refractivity contribution in [1.82, 2.24) is 5.32 Å². The molecule has 2 nitrogen and oxygen atoms in total. The summed E-state index contributed by atoms with van der Waals surface area (Å²) in [5.74, 6) is -0.0559. The van der Waals surface area contributed by atoms with E-state index in [9.17, 15) is 4.79 Å². The highest BCUT2D eigenvalue weighted by molar-refractivity contribution is 7.81. The lowest BCUT2D eigenvalue weighted by atomic mass is 10.1. The molecule has 1 amide bonds. The van der Waals surface area contributed by atoms with E-state index in [1.807, 2.05) is 37.3 Å². The largest absolute Gasteiger partial charge is 0.349 e. The highest BCUT2D eigenvalue weighted by Gasteiger charge is 2.15. The molecule has 0 spiro atoms. The van der Waals surface area contributed by atoms with Crippen LogP contribution >= 0.6 is 12.6 Å². The molecule has 0 bridgehead atoms. The maximum absolute atomic E-state index is 11.7. The SMILES string of the molecule is C=CC(C)NC(=O)C(S)Cc1ccccc1. The van der Waals surface area contributed by atoms with Gasteiger partial charge in [0.1, 0.15) is 0 Å². The van der Waals surface area contributed by atoms with Crippen molar-refractivity contribution >= 4 is 18.5 Å². The van der Waals surface area contributed by atoms with E-state index in [-0.39, 0.29) is 17.2 Å². The van der Waals surface area contributed by atoms with Gasteiger partial charge in [0, 0.05) is 6.04 Å². The molecule has 0 radical (unpaired) electrons. The van der Waals surface area contributed by atoms with Gasteiger partial charge in [-0.15, -0.1) is 6.58 Å². The number of carbonyl (C=O) groups excluding carboxylic acids is 1. The summed E-state index contributed by atoms with van der Waals surface area (Å²) in [4.78, 5) is 11.7. The monoisotopic (exact) mass is 235 g/mol. The van der Waals surface area contributed by atoms with Crippen LogP contribution in [0.2, 0.25) is 0 Å². The number of amides is 1. The molecule has 86 valence electrons. The van der Waals surface area contributed by atoms with E-state index in [4.69, 9.17) is 0 Å². The van der Waals surface area contributed by atoms with Crippen LogP contribution in [-0.4, -0.2) is 17.2 Å². The molecule has 0 saturated carbocycles. The summed E-state index contributed by atoms with van der Waals surface area (Å²) in [5.41, 5.74) is 1.11. The van der Waals surface area contributed by atoms with Gasteiger partial charge in [0.05, 0.1) is 5.25 Å². The molecular formula is C13H17NOS. The first kappa shape index (κ1) is 12.8. The van der Waals surface area contributed by atoms with Crippen LogP contribution in [0.15, 0.2) is 43.0 Å². The number of nitrogens with one attached hydrogen (secondary N) is 1. The molecule has 2 unspecified atom stereocenters. The van der Waals surface area contributed by atoms with E-state index in [2.05, 4.69) is 24.5 Å². The van der Waals surface area contributed by atoms with Gasteiger partial charge >= 0.3 is 0 Å². The number of rotatable bonds is 5. The van der Waals surface area contributed by atoms with Crippen LogP contribution in [0.3, 0.4) is 0 Å².